The Labute approximate surface area is 252 Å². The van der Waals surface area contributed by atoms with Crippen molar-refractivity contribution in [2.45, 2.75) is 95.8 Å². The normalized spacial score (nSPS) is 18.2. The zero-order valence-electron chi connectivity index (χ0n) is 25.6. The molecular weight excluding hydrogens is 576 g/mol. The predicted octanol–water partition coefficient (Wildman–Crippen LogP) is 8.09. The molecule has 4 N–H and O–H groups in total. The second-order valence-corrected chi connectivity index (χ2v) is 14.2. The molecule has 220 valence electrons. The van der Waals surface area contributed by atoms with Gasteiger partial charge in [-0.25, -0.2) is 0 Å². The van der Waals surface area contributed by atoms with Crippen molar-refractivity contribution in [1.82, 2.24) is 19.9 Å². The van der Waals surface area contributed by atoms with Crippen molar-refractivity contribution in [2.24, 2.45) is 0 Å². The summed E-state index contributed by atoms with van der Waals surface area (Å²) in [4.78, 5) is 28.8. The number of carbonyl (C=O) groups is 1. The summed E-state index contributed by atoms with van der Waals surface area (Å²) in [5.74, 6) is -0.248. The Hall–Kier alpha value is -2.93. The van der Waals surface area contributed by atoms with E-state index in [2.05, 4.69) is 114 Å². The number of rotatable bonds is 7. The minimum Gasteiger partial charge on any atom is -0.465 e. The lowest BCUT2D eigenvalue weighted by atomic mass is 9.83. The number of esters is 1. The standard InChI is InChI=1S/C34H45BrN4O2/c1-31(2)22-12-14-24(36-22)32(3,4)26-16-18-28(38-26)34(7,30(40)41-21-11-9-8-10-20-35)29-19-17-27(39-29)33(5,6)25-15-13-23(31)37-25/h12-19,36-39H,8-11,20-21H2,1-7H3. The summed E-state index contributed by atoms with van der Waals surface area (Å²) in [6, 6.07) is 17.1. The van der Waals surface area contributed by atoms with Crippen molar-refractivity contribution in [1.29, 1.82) is 0 Å². The van der Waals surface area contributed by atoms with E-state index in [1.807, 2.05) is 19.1 Å². The highest BCUT2D eigenvalue weighted by Crippen LogP contribution is 2.41. The van der Waals surface area contributed by atoms with Gasteiger partial charge in [-0.3, -0.25) is 4.79 Å². The molecule has 6 nitrogen and oxygen atoms in total. The molecule has 1 aliphatic rings. The summed E-state index contributed by atoms with van der Waals surface area (Å²) in [5.41, 5.74) is 6.29. The Balaban J connectivity index is 1.62. The number of alkyl halides is 1. The molecule has 0 fully saturated rings. The fourth-order valence-electron chi connectivity index (χ4n) is 6.01. The average Bonchev–Trinajstić information content (AvgIpc) is 3.75. The van der Waals surface area contributed by atoms with Crippen LogP contribution in [0.1, 0.15) is 120 Å². The van der Waals surface area contributed by atoms with E-state index in [0.29, 0.717) is 6.61 Å². The predicted molar refractivity (Wildman–Crippen MR) is 169 cm³/mol. The highest BCUT2D eigenvalue weighted by atomic mass is 79.9. The summed E-state index contributed by atoms with van der Waals surface area (Å²) < 4.78 is 5.97. The van der Waals surface area contributed by atoms with Gasteiger partial charge in [-0.1, -0.05) is 28.8 Å². The number of hydrogen-bond acceptors (Lipinski definition) is 2. The number of aromatic nitrogens is 4. The van der Waals surface area contributed by atoms with Crippen LogP contribution >= 0.6 is 15.9 Å². The Bertz CT molecular complexity index is 1420. The largest absolute Gasteiger partial charge is 0.465 e. The quantitative estimate of drug-likeness (QED) is 0.0955. The molecule has 5 heterocycles. The van der Waals surface area contributed by atoms with Gasteiger partial charge < -0.3 is 24.7 Å². The number of unbranched alkanes of at least 4 members (excludes halogenated alkanes) is 3. The molecule has 0 unspecified atom stereocenters. The van der Waals surface area contributed by atoms with E-state index in [9.17, 15) is 4.79 Å². The second-order valence-electron chi connectivity index (χ2n) is 13.4. The van der Waals surface area contributed by atoms with Crippen LogP contribution in [0.2, 0.25) is 0 Å². The summed E-state index contributed by atoms with van der Waals surface area (Å²) in [7, 11) is 0. The maximum atomic E-state index is 14.0. The van der Waals surface area contributed by atoms with Crippen LogP contribution in [-0.4, -0.2) is 37.8 Å². The van der Waals surface area contributed by atoms with Gasteiger partial charge in [-0.05, 0) is 110 Å². The number of halogens is 1. The summed E-state index contributed by atoms with van der Waals surface area (Å²) in [6.07, 6.45) is 4.17. The van der Waals surface area contributed by atoms with Crippen molar-refractivity contribution in [3.63, 3.8) is 0 Å². The molecule has 0 radical (unpaired) electrons. The lowest BCUT2D eigenvalue weighted by Crippen LogP contribution is -2.37. The molecule has 1 aliphatic heterocycles. The van der Waals surface area contributed by atoms with Gasteiger partial charge in [0.15, 0.2) is 0 Å². The van der Waals surface area contributed by atoms with Crippen LogP contribution in [-0.2, 0) is 31.2 Å². The molecular formula is C34H45BrN4O2. The van der Waals surface area contributed by atoms with Crippen molar-refractivity contribution in [3.8, 4) is 0 Å². The number of H-pyrrole nitrogens is 4. The molecule has 0 atom stereocenters. The smallest absolute Gasteiger partial charge is 0.323 e. The van der Waals surface area contributed by atoms with Gasteiger partial charge in [0.1, 0.15) is 5.41 Å². The zero-order valence-corrected chi connectivity index (χ0v) is 27.1. The Morgan fingerprint density at radius 3 is 1.24 bits per heavy atom. The zero-order chi connectivity index (χ0) is 29.6. The molecule has 7 heteroatoms. The first-order valence-electron chi connectivity index (χ1n) is 14.9. The molecule has 4 aromatic heterocycles. The van der Waals surface area contributed by atoms with Gasteiger partial charge in [0, 0.05) is 67.1 Å². The van der Waals surface area contributed by atoms with E-state index in [4.69, 9.17) is 4.74 Å². The van der Waals surface area contributed by atoms with Crippen molar-refractivity contribution in [3.05, 3.63) is 94.1 Å². The highest BCUT2D eigenvalue weighted by Gasteiger charge is 2.43. The number of carbonyl (C=O) groups excluding carboxylic acids is 1. The molecule has 0 saturated carbocycles. The molecule has 0 aromatic carbocycles. The maximum Gasteiger partial charge on any atom is 0.323 e. The molecule has 0 spiro atoms. The molecule has 0 aliphatic carbocycles. The second kappa shape index (κ2) is 10.7. The van der Waals surface area contributed by atoms with E-state index in [-0.39, 0.29) is 22.2 Å². The maximum absolute atomic E-state index is 14.0. The van der Waals surface area contributed by atoms with E-state index in [0.717, 1.165) is 76.6 Å². The first-order chi connectivity index (χ1) is 19.3. The molecule has 5 rings (SSSR count). The SMILES string of the molecule is CC1(C)c2ccc([nH]2)C(C)(C)c2ccc([nH]2)C(C)(C(=O)OCCCCCCBr)c2ccc([nH]2)C(C)(C)c2ccc1[nH]2. The molecule has 41 heavy (non-hydrogen) atoms. The van der Waals surface area contributed by atoms with E-state index < -0.39 is 5.41 Å². The number of fused-ring (bicyclic) bond motifs is 8. The number of hydrogen-bond donors (Lipinski definition) is 4. The Morgan fingerprint density at radius 2 is 0.878 bits per heavy atom. The first kappa shape index (κ1) is 29.6. The third-order valence-corrected chi connectivity index (χ3v) is 10.1. The van der Waals surface area contributed by atoms with E-state index in [1.54, 1.807) is 0 Å². The Morgan fingerprint density at radius 1 is 0.561 bits per heavy atom. The third-order valence-electron chi connectivity index (χ3n) is 9.53. The summed E-state index contributed by atoms with van der Waals surface area (Å²) in [6.45, 7) is 15.7. The molecule has 8 bridgehead atoms. The fourth-order valence-corrected chi connectivity index (χ4v) is 6.41. The number of ether oxygens (including phenoxy) is 1. The van der Waals surface area contributed by atoms with Crippen molar-refractivity contribution in [2.75, 3.05) is 11.9 Å². The third kappa shape index (κ3) is 5.04. The van der Waals surface area contributed by atoms with E-state index in [1.165, 1.54) is 0 Å². The highest BCUT2D eigenvalue weighted by molar-refractivity contribution is 9.09. The van der Waals surface area contributed by atoms with Crippen LogP contribution in [0.15, 0.2) is 48.5 Å². The van der Waals surface area contributed by atoms with E-state index >= 15 is 0 Å². The molecule has 4 aromatic rings. The summed E-state index contributed by atoms with van der Waals surface area (Å²) >= 11 is 3.49. The van der Waals surface area contributed by atoms with Gasteiger partial charge >= 0.3 is 5.97 Å². The number of aromatic amines is 4. The van der Waals surface area contributed by atoms with Crippen molar-refractivity contribution >= 4 is 21.9 Å². The number of nitrogens with one attached hydrogen (secondary N) is 4. The minimum absolute atomic E-state index is 0.238. The average molecular weight is 622 g/mol. The fraction of sp³-hybridized carbons (Fsp3) is 0.500. The Kier molecular flexibility index (Phi) is 7.73. The topological polar surface area (TPSA) is 89.5 Å². The molecule has 0 amide bonds. The van der Waals surface area contributed by atoms with Crippen LogP contribution in [0.25, 0.3) is 0 Å². The lowest BCUT2D eigenvalue weighted by molar-refractivity contribution is -0.148. The van der Waals surface area contributed by atoms with Crippen LogP contribution in [0.5, 0.6) is 0 Å². The summed E-state index contributed by atoms with van der Waals surface area (Å²) in [5, 5.41) is 1.01. The van der Waals surface area contributed by atoms with Gasteiger partial charge in [0.05, 0.1) is 6.61 Å². The van der Waals surface area contributed by atoms with Gasteiger partial charge in [-0.15, -0.1) is 0 Å². The monoisotopic (exact) mass is 620 g/mol. The van der Waals surface area contributed by atoms with Gasteiger partial charge in [0.25, 0.3) is 0 Å². The first-order valence-corrected chi connectivity index (χ1v) is 16.0. The van der Waals surface area contributed by atoms with Crippen LogP contribution in [0.3, 0.4) is 0 Å². The van der Waals surface area contributed by atoms with Crippen LogP contribution in [0, 0.1) is 0 Å². The van der Waals surface area contributed by atoms with Crippen LogP contribution in [0.4, 0.5) is 0 Å². The molecule has 0 saturated heterocycles. The minimum atomic E-state index is -1.03. The lowest BCUT2D eigenvalue weighted by Gasteiger charge is -2.29. The van der Waals surface area contributed by atoms with Crippen LogP contribution < -0.4 is 0 Å². The van der Waals surface area contributed by atoms with Crippen molar-refractivity contribution < 1.29 is 9.53 Å². The van der Waals surface area contributed by atoms with Gasteiger partial charge in [0.2, 0.25) is 0 Å². The van der Waals surface area contributed by atoms with Gasteiger partial charge in [-0.2, -0.15) is 0 Å².